The lowest BCUT2D eigenvalue weighted by Crippen LogP contribution is -2.31. The molecule has 3 nitrogen and oxygen atoms in total. The van der Waals surface area contributed by atoms with Gasteiger partial charge in [-0.2, -0.15) is 0 Å². The Morgan fingerprint density at radius 2 is 2.09 bits per heavy atom. The first-order valence-electron chi connectivity index (χ1n) is 7.02. The van der Waals surface area contributed by atoms with Crippen molar-refractivity contribution >= 4 is 29.1 Å². The molecule has 0 saturated heterocycles. The predicted molar refractivity (Wildman–Crippen MR) is 88.0 cm³/mol. The summed E-state index contributed by atoms with van der Waals surface area (Å²) < 4.78 is 6.00. The van der Waals surface area contributed by atoms with Gasteiger partial charge in [-0.1, -0.05) is 35.9 Å². The Bertz CT molecular complexity index is 731. The van der Waals surface area contributed by atoms with Gasteiger partial charge in [-0.15, -0.1) is 11.6 Å². The second kappa shape index (κ2) is 6.19. The SMILES string of the molecule is Cc1cccc2c1Oc1cc(Cl)ccc1C2NC(=O)CCCl. The first-order chi connectivity index (χ1) is 10.6. The van der Waals surface area contributed by atoms with Crippen molar-refractivity contribution in [1.29, 1.82) is 0 Å². The number of benzene rings is 2. The van der Waals surface area contributed by atoms with E-state index in [9.17, 15) is 4.79 Å². The lowest BCUT2D eigenvalue weighted by Gasteiger charge is -2.30. The van der Waals surface area contributed by atoms with E-state index in [1.54, 1.807) is 12.1 Å². The summed E-state index contributed by atoms with van der Waals surface area (Å²) in [6.45, 7) is 1.98. The summed E-state index contributed by atoms with van der Waals surface area (Å²) in [5.41, 5.74) is 2.85. The predicted octanol–water partition coefficient (Wildman–Crippen LogP) is 4.59. The van der Waals surface area contributed by atoms with E-state index in [-0.39, 0.29) is 18.4 Å². The van der Waals surface area contributed by atoms with E-state index in [1.807, 2.05) is 31.2 Å². The average Bonchev–Trinajstić information content (AvgIpc) is 2.48. The molecule has 0 aliphatic carbocycles. The maximum Gasteiger partial charge on any atom is 0.221 e. The van der Waals surface area contributed by atoms with Crippen molar-refractivity contribution in [3.05, 3.63) is 58.1 Å². The minimum atomic E-state index is -0.258. The second-order valence-electron chi connectivity index (χ2n) is 5.22. The van der Waals surface area contributed by atoms with E-state index in [2.05, 4.69) is 5.32 Å². The fourth-order valence-corrected chi connectivity index (χ4v) is 2.96. The number of halogens is 2. The van der Waals surface area contributed by atoms with Crippen LogP contribution in [0.15, 0.2) is 36.4 Å². The first kappa shape index (κ1) is 15.2. The number of para-hydroxylation sites is 1. The van der Waals surface area contributed by atoms with Crippen LogP contribution in [0.3, 0.4) is 0 Å². The summed E-state index contributed by atoms with van der Waals surface area (Å²) in [6, 6.07) is 11.1. The molecule has 1 aliphatic heterocycles. The number of hydrogen-bond donors (Lipinski definition) is 1. The molecule has 1 N–H and O–H groups in total. The van der Waals surface area contributed by atoms with Crippen molar-refractivity contribution in [2.45, 2.75) is 19.4 Å². The summed E-state index contributed by atoms with van der Waals surface area (Å²) in [6.07, 6.45) is 0.281. The van der Waals surface area contributed by atoms with E-state index in [1.165, 1.54) is 0 Å². The molecule has 2 aromatic rings. The molecule has 0 fully saturated rings. The Morgan fingerprint density at radius 1 is 1.27 bits per heavy atom. The smallest absolute Gasteiger partial charge is 0.221 e. The van der Waals surface area contributed by atoms with Crippen LogP contribution in [0.1, 0.15) is 29.2 Å². The molecule has 2 aromatic carbocycles. The van der Waals surface area contributed by atoms with Gasteiger partial charge in [-0.05, 0) is 24.6 Å². The Hall–Kier alpha value is -1.71. The van der Waals surface area contributed by atoms with Crippen molar-refractivity contribution in [3.8, 4) is 11.5 Å². The van der Waals surface area contributed by atoms with E-state index < -0.39 is 0 Å². The quantitative estimate of drug-likeness (QED) is 0.833. The van der Waals surface area contributed by atoms with Crippen molar-refractivity contribution in [3.63, 3.8) is 0 Å². The lowest BCUT2D eigenvalue weighted by molar-refractivity contribution is -0.121. The van der Waals surface area contributed by atoms with Gasteiger partial charge in [-0.3, -0.25) is 4.79 Å². The van der Waals surface area contributed by atoms with Gasteiger partial charge in [0.1, 0.15) is 11.5 Å². The minimum Gasteiger partial charge on any atom is -0.456 e. The van der Waals surface area contributed by atoms with Crippen molar-refractivity contribution in [2.75, 3.05) is 5.88 Å². The zero-order valence-corrected chi connectivity index (χ0v) is 13.5. The third-order valence-corrected chi connectivity index (χ3v) is 4.10. The Labute approximate surface area is 139 Å². The number of ether oxygens (including phenoxy) is 1. The zero-order chi connectivity index (χ0) is 15.7. The molecule has 1 amide bonds. The van der Waals surface area contributed by atoms with Gasteiger partial charge in [0.25, 0.3) is 0 Å². The largest absolute Gasteiger partial charge is 0.456 e. The zero-order valence-electron chi connectivity index (χ0n) is 12.0. The number of alkyl halides is 1. The summed E-state index contributed by atoms with van der Waals surface area (Å²) in [5, 5.41) is 3.63. The molecule has 1 heterocycles. The molecular weight excluding hydrogens is 321 g/mol. The molecule has 3 rings (SSSR count). The van der Waals surface area contributed by atoms with Crippen molar-refractivity contribution in [1.82, 2.24) is 5.32 Å². The Morgan fingerprint density at radius 3 is 2.86 bits per heavy atom. The molecule has 1 unspecified atom stereocenters. The van der Waals surface area contributed by atoms with E-state index in [4.69, 9.17) is 27.9 Å². The van der Waals surface area contributed by atoms with E-state index >= 15 is 0 Å². The maximum atomic E-state index is 12.0. The molecule has 0 radical (unpaired) electrons. The van der Waals surface area contributed by atoms with E-state index in [0.29, 0.717) is 16.7 Å². The van der Waals surface area contributed by atoms with Gasteiger partial charge in [-0.25, -0.2) is 0 Å². The lowest BCUT2D eigenvalue weighted by atomic mass is 9.93. The molecule has 114 valence electrons. The normalized spacial score (nSPS) is 15.5. The van der Waals surface area contributed by atoms with Gasteiger partial charge in [0.15, 0.2) is 0 Å². The second-order valence-corrected chi connectivity index (χ2v) is 6.03. The fourth-order valence-electron chi connectivity index (χ4n) is 2.63. The number of nitrogens with one attached hydrogen (secondary N) is 1. The van der Waals surface area contributed by atoms with Crippen LogP contribution in [0.25, 0.3) is 0 Å². The minimum absolute atomic E-state index is 0.0877. The monoisotopic (exact) mass is 335 g/mol. The van der Waals surface area contributed by atoms with Crippen LogP contribution in [0, 0.1) is 6.92 Å². The highest BCUT2D eigenvalue weighted by Gasteiger charge is 2.29. The molecule has 0 spiro atoms. The number of fused-ring (bicyclic) bond motifs is 2. The summed E-state index contributed by atoms with van der Waals surface area (Å²) >= 11 is 11.7. The highest BCUT2D eigenvalue weighted by molar-refractivity contribution is 6.30. The summed E-state index contributed by atoms with van der Waals surface area (Å²) in [4.78, 5) is 12.0. The molecule has 5 heteroatoms. The molecule has 1 atom stereocenters. The highest BCUT2D eigenvalue weighted by atomic mass is 35.5. The first-order valence-corrected chi connectivity index (χ1v) is 7.93. The number of rotatable bonds is 3. The van der Waals surface area contributed by atoms with Gasteiger partial charge >= 0.3 is 0 Å². The highest BCUT2D eigenvalue weighted by Crippen LogP contribution is 2.45. The van der Waals surface area contributed by atoms with Crippen LogP contribution >= 0.6 is 23.2 Å². The maximum absolute atomic E-state index is 12.0. The molecule has 0 bridgehead atoms. The van der Waals surface area contributed by atoms with Gasteiger partial charge in [0.2, 0.25) is 5.91 Å². The molecule has 0 aromatic heterocycles. The topological polar surface area (TPSA) is 38.3 Å². The van der Waals surface area contributed by atoms with Crippen LogP contribution in [-0.4, -0.2) is 11.8 Å². The molecule has 22 heavy (non-hydrogen) atoms. The number of amides is 1. The third-order valence-electron chi connectivity index (χ3n) is 3.68. The number of carbonyl (C=O) groups is 1. The van der Waals surface area contributed by atoms with Crippen molar-refractivity contribution in [2.24, 2.45) is 0 Å². The number of hydrogen-bond acceptors (Lipinski definition) is 2. The Kier molecular flexibility index (Phi) is 4.27. The Balaban J connectivity index is 2.08. The standard InChI is InChI=1S/C17H15Cl2NO2/c1-10-3-2-4-13-16(20-15(21)7-8-18)12-6-5-11(19)9-14(12)22-17(10)13/h2-6,9,16H,7-8H2,1H3,(H,20,21). The molecule has 0 saturated carbocycles. The van der Waals surface area contributed by atoms with Crippen LogP contribution in [0.5, 0.6) is 11.5 Å². The van der Waals surface area contributed by atoms with Gasteiger partial charge in [0.05, 0.1) is 6.04 Å². The summed E-state index contributed by atoms with van der Waals surface area (Å²) in [5.74, 6) is 1.65. The fraction of sp³-hybridized carbons (Fsp3) is 0.235. The number of carbonyl (C=O) groups excluding carboxylic acids is 1. The molecule has 1 aliphatic rings. The van der Waals surface area contributed by atoms with Crippen molar-refractivity contribution < 1.29 is 9.53 Å². The van der Waals surface area contributed by atoms with E-state index in [0.717, 1.165) is 22.4 Å². The van der Waals surface area contributed by atoms with Crippen LogP contribution < -0.4 is 10.1 Å². The van der Waals surface area contributed by atoms with Crippen LogP contribution in [0.4, 0.5) is 0 Å². The molecular formula is C17H15Cl2NO2. The van der Waals surface area contributed by atoms with Crippen LogP contribution in [0.2, 0.25) is 5.02 Å². The van der Waals surface area contributed by atoms with Crippen LogP contribution in [-0.2, 0) is 4.79 Å². The summed E-state index contributed by atoms with van der Waals surface area (Å²) in [7, 11) is 0. The average molecular weight is 336 g/mol. The number of aryl methyl sites for hydroxylation is 1. The van der Waals surface area contributed by atoms with Gasteiger partial charge in [0, 0.05) is 28.5 Å². The third kappa shape index (κ3) is 2.79. The van der Waals surface area contributed by atoms with Gasteiger partial charge < -0.3 is 10.1 Å².